The number of hydrogen-bond donors (Lipinski definition) is 3. The van der Waals surface area contributed by atoms with Gasteiger partial charge in [-0.05, 0) is 11.6 Å². The lowest BCUT2D eigenvalue weighted by Crippen LogP contribution is -2.48. The van der Waals surface area contributed by atoms with E-state index < -0.39 is 18.0 Å². The van der Waals surface area contributed by atoms with E-state index in [0.717, 1.165) is 16.5 Å². The number of carbonyl (C=O) groups is 2. The first-order valence-corrected chi connectivity index (χ1v) is 6.70. The number of para-hydroxylation sites is 1. The van der Waals surface area contributed by atoms with Crippen LogP contribution in [-0.2, 0) is 16.1 Å². The number of carbonyl (C=O) groups excluding carboxylic acids is 1. The van der Waals surface area contributed by atoms with Crippen LogP contribution in [0.1, 0.15) is 5.56 Å². The summed E-state index contributed by atoms with van der Waals surface area (Å²) in [4.78, 5) is 27.0. The Labute approximate surface area is 127 Å². The first-order valence-electron chi connectivity index (χ1n) is 6.70. The Morgan fingerprint density at radius 1 is 1.32 bits per heavy atom. The fourth-order valence-corrected chi connectivity index (χ4v) is 2.11. The molecule has 0 bridgehead atoms. The molecule has 0 spiro atoms. The second-order valence-electron chi connectivity index (χ2n) is 4.67. The topological polar surface area (TPSA) is 101 Å². The first kappa shape index (κ1) is 15.7. The van der Waals surface area contributed by atoms with Gasteiger partial charge in [0, 0.05) is 25.2 Å². The fourth-order valence-electron chi connectivity index (χ4n) is 2.11. The second kappa shape index (κ2) is 7.37. The maximum atomic E-state index is 12.0. The number of nitrogens with zero attached hydrogens (tertiary/aromatic N) is 1. The van der Waals surface area contributed by atoms with Gasteiger partial charge in [-0.1, -0.05) is 24.3 Å². The molecule has 116 valence electrons. The molecule has 1 aromatic heterocycles. The molecular weight excluding hydrogens is 286 g/mol. The molecule has 7 heteroatoms. The van der Waals surface area contributed by atoms with Crippen LogP contribution in [0.2, 0.25) is 0 Å². The van der Waals surface area contributed by atoms with Crippen molar-refractivity contribution in [3.8, 4) is 0 Å². The highest BCUT2D eigenvalue weighted by atomic mass is 16.5. The van der Waals surface area contributed by atoms with E-state index in [0.29, 0.717) is 0 Å². The van der Waals surface area contributed by atoms with Crippen LogP contribution in [0.25, 0.3) is 10.9 Å². The zero-order valence-electron chi connectivity index (χ0n) is 12.1. The van der Waals surface area contributed by atoms with Crippen LogP contribution in [0.15, 0.2) is 36.5 Å². The van der Waals surface area contributed by atoms with Gasteiger partial charge in [0.15, 0.2) is 0 Å². The van der Waals surface area contributed by atoms with Crippen molar-refractivity contribution in [3.63, 3.8) is 0 Å². The van der Waals surface area contributed by atoms with Gasteiger partial charge in [-0.3, -0.25) is 9.78 Å². The van der Waals surface area contributed by atoms with Gasteiger partial charge in [-0.25, -0.2) is 4.79 Å². The number of rotatable bonds is 6. The zero-order chi connectivity index (χ0) is 15.9. The van der Waals surface area contributed by atoms with E-state index in [4.69, 9.17) is 9.84 Å². The Morgan fingerprint density at radius 2 is 2.09 bits per heavy atom. The van der Waals surface area contributed by atoms with E-state index in [9.17, 15) is 9.59 Å². The van der Waals surface area contributed by atoms with Gasteiger partial charge in [-0.2, -0.15) is 0 Å². The summed E-state index contributed by atoms with van der Waals surface area (Å²) in [7, 11) is 1.40. The number of ether oxygens (including phenoxy) is 1. The SMILES string of the molecule is COCC(NC(=O)O)C(=O)NCc1cccc2cccnc12. The molecular formula is C15H17N3O4. The summed E-state index contributed by atoms with van der Waals surface area (Å²) < 4.78 is 4.85. The zero-order valence-corrected chi connectivity index (χ0v) is 12.1. The van der Waals surface area contributed by atoms with Crippen LogP contribution in [0.5, 0.6) is 0 Å². The van der Waals surface area contributed by atoms with E-state index in [1.165, 1.54) is 7.11 Å². The molecule has 7 nitrogen and oxygen atoms in total. The number of fused-ring (bicyclic) bond motifs is 1. The number of methoxy groups -OCH3 is 1. The number of carboxylic acid groups (broad SMARTS) is 1. The average molecular weight is 303 g/mol. The minimum Gasteiger partial charge on any atom is -0.465 e. The Bertz CT molecular complexity index is 669. The highest BCUT2D eigenvalue weighted by molar-refractivity contribution is 5.86. The van der Waals surface area contributed by atoms with Crippen molar-refractivity contribution in [2.75, 3.05) is 13.7 Å². The molecule has 0 saturated carbocycles. The summed E-state index contributed by atoms with van der Waals surface area (Å²) >= 11 is 0. The Balaban J connectivity index is 2.07. The van der Waals surface area contributed by atoms with Crippen LogP contribution in [0.3, 0.4) is 0 Å². The van der Waals surface area contributed by atoms with Crippen LogP contribution in [-0.4, -0.2) is 41.8 Å². The highest BCUT2D eigenvalue weighted by Gasteiger charge is 2.20. The van der Waals surface area contributed by atoms with Crippen LogP contribution < -0.4 is 10.6 Å². The van der Waals surface area contributed by atoms with Crippen molar-refractivity contribution in [1.29, 1.82) is 0 Å². The summed E-state index contributed by atoms with van der Waals surface area (Å²) in [6.07, 6.45) is 0.414. The van der Waals surface area contributed by atoms with E-state index in [2.05, 4.69) is 15.6 Å². The van der Waals surface area contributed by atoms with E-state index in [1.807, 2.05) is 30.3 Å². The van der Waals surface area contributed by atoms with Crippen LogP contribution in [0, 0.1) is 0 Å². The number of pyridine rings is 1. The Hall–Kier alpha value is -2.67. The molecule has 22 heavy (non-hydrogen) atoms. The van der Waals surface area contributed by atoms with Crippen molar-refractivity contribution < 1.29 is 19.4 Å². The standard InChI is InChI=1S/C15H17N3O4/c1-22-9-12(18-15(20)21)14(19)17-8-11-5-2-4-10-6-3-7-16-13(10)11/h2-7,12,18H,8-9H2,1H3,(H,17,19)(H,20,21). The Kier molecular flexibility index (Phi) is 5.26. The lowest BCUT2D eigenvalue weighted by Gasteiger charge is -2.16. The fraction of sp³-hybridized carbons (Fsp3) is 0.267. The number of aromatic nitrogens is 1. The van der Waals surface area contributed by atoms with Crippen molar-refractivity contribution in [3.05, 3.63) is 42.1 Å². The molecule has 1 unspecified atom stereocenters. The van der Waals surface area contributed by atoms with Crippen molar-refractivity contribution >= 4 is 22.9 Å². The molecule has 1 atom stereocenters. The van der Waals surface area contributed by atoms with E-state index >= 15 is 0 Å². The van der Waals surface area contributed by atoms with E-state index in [-0.39, 0.29) is 13.2 Å². The third-order valence-corrected chi connectivity index (χ3v) is 3.12. The summed E-state index contributed by atoms with van der Waals surface area (Å²) in [6, 6.07) is 8.51. The molecule has 2 amide bonds. The molecule has 0 aliphatic heterocycles. The molecule has 1 heterocycles. The van der Waals surface area contributed by atoms with Gasteiger partial charge in [0.2, 0.25) is 5.91 Å². The van der Waals surface area contributed by atoms with Crippen molar-refractivity contribution in [2.45, 2.75) is 12.6 Å². The quantitative estimate of drug-likeness (QED) is 0.743. The summed E-state index contributed by atoms with van der Waals surface area (Å²) in [5.41, 5.74) is 1.66. The number of amides is 2. The summed E-state index contributed by atoms with van der Waals surface area (Å²) in [5.74, 6) is -0.447. The van der Waals surface area contributed by atoms with Crippen molar-refractivity contribution in [2.24, 2.45) is 0 Å². The molecule has 0 saturated heterocycles. The second-order valence-corrected chi connectivity index (χ2v) is 4.67. The van der Waals surface area contributed by atoms with Gasteiger partial charge < -0.3 is 20.5 Å². The molecule has 0 radical (unpaired) electrons. The molecule has 0 aliphatic carbocycles. The number of benzene rings is 1. The molecule has 0 aliphatic rings. The third-order valence-electron chi connectivity index (χ3n) is 3.12. The van der Waals surface area contributed by atoms with Gasteiger partial charge in [-0.15, -0.1) is 0 Å². The molecule has 1 aromatic carbocycles. The largest absolute Gasteiger partial charge is 0.465 e. The predicted molar refractivity (Wildman–Crippen MR) is 80.4 cm³/mol. The smallest absolute Gasteiger partial charge is 0.405 e. The summed E-state index contributed by atoms with van der Waals surface area (Å²) in [6.45, 7) is 0.223. The molecule has 0 fully saturated rings. The third kappa shape index (κ3) is 3.92. The lowest BCUT2D eigenvalue weighted by atomic mass is 10.1. The Morgan fingerprint density at radius 3 is 2.82 bits per heavy atom. The highest BCUT2D eigenvalue weighted by Crippen LogP contribution is 2.15. The van der Waals surface area contributed by atoms with Crippen molar-refractivity contribution in [1.82, 2.24) is 15.6 Å². The minimum atomic E-state index is -1.27. The lowest BCUT2D eigenvalue weighted by molar-refractivity contribution is -0.124. The average Bonchev–Trinajstić information content (AvgIpc) is 2.51. The monoisotopic (exact) mass is 303 g/mol. The predicted octanol–water partition coefficient (Wildman–Crippen LogP) is 1.13. The maximum Gasteiger partial charge on any atom is 0.405 e. The molecule has 3 N–H and O–H groups in total. The summed E-state index contributed by atoms with van der Waals surface area (Å²) in [5, 5.41) is 14.5. The molecule has 2 rings (SSSR count). The van der Waals surface area contributed by atoms with Gasteiger partial charge in [0.1, 0.15) is 6.04 Å². The normalized spacial score (nSPS) is 11.9. The first-order chi connectivity index (χ1) is 10.6. The van der Waals surface area contributed by atoms with Crippen LogP contribution in [0.4, 0.5) is 4.79 Å². The molecule has 2 aromatic rings. The van der Waals surface area contributed by atoms with E-state index in [1.54, 1.807) is 6.20 Å². The minimum absolute atomic E-state index is 0.0358. The number of hydrogen-bond acceptors (Lipinski definition) is 4. The van der Waals surface area contributed by atoms with Gasteiger partial charge >= 0.3 is 6.09 Å². The van der Waals surface area contributed by atoms with Crippen LogP contribution >= 0.6 is 0 Å². The number of nitrogens with one attached hydrogen (secondary N) is 2. The van der Waals surface area contributed by atoms with Gasteiger partial charge in [0.05, 0.1) is 12.1 Å². The maximum absolute atomic E-state index is 12.0. The van der Waals surface area contributed by atoms with Gasteiger partial charge in [0.25, 0.3) is 0 Å².